The molecule has 32 heavy (non-hydrogen) atoms. The van der Waals surface area contributed by atoms with E-state index in [9.17, 15) is 9.90 Å². The molecular weight excluding hydrogens is 422 g/mol. The summed E-state index contributed by atoms with van der Waals surface area (Å²) in [6, 6.07) is 16.9. The number of aliphatic hydroxyl groups is 1. The van der Waals surface area contributed by atoms with Crippen molar-refractivity contribution in [1.82, 2.24) is 9.97 Å². The third-order valence-corrected chi connectivity index (χ3v) is 6.66. The van der Waals surface area contributed by atoms with Crippen LogP contribution in [0, 0.1) is 0 Å². The van der Waals surface area contributed by atoms with Crippen LogP contribution < -0.4 is 10.1 Å². The topological polar surface area (TPSA) is 84.3 Å². The van der Waals surface area contributed by atoms with Gasteiger partial charge < -0.3 is 15.2 Å². The number of rotatable bonds is 6. The van der Waals surface area contributed by atoms with Crippen molar-refractivity contribution in [3.8, 4) is 22.8 Å². The summed E-state index contributed by atoms with van der Waals surface area (Å²) >= 11 is 1.57. The highest BCUT2D eigenvalue weighted by Gasteiger charge is 2.23. The number of ether oxygens (including phenoxy) is 1. The predicted octanol–water partition coefficient (Wildman–Crippen LogP) is 5.68. The Morgan fingerprint density at radius 1 is 1.03 bits per heavy atom. The summed E-state index contributed by atoms with van der Waals surface area (Å²) in [5.74, 6) is 1.40. The number of hydrogen-bond acceptors (Lipinski definition) is 7. The van der Waals surface area contributed by atoms with E-state index in [0.717, 1.165) is 64.3 Å². The average Bonchev–Trinajstić information content (AvgIpc) is 3.22. The van der Waals surface area contributed by atoms with E-state index in [-0.39, 0.29) is 12.1 Å². The van der Waals surface area contributed by atoms with Crippen molar-refractivity contribution in [2.24, 2.45) is 0 Å². The standard InChI is InChI=1S/C25H23N3O3S/c29-15-16-5-7-17(8-6-16)22-13-19(11-12-26-22)31-18-9-10-21-24(14-18)32-25(28-21)27-20-3-1-2-4-23(20)30/h5-15,20,23,30H,1-4H2,(H,27,28)/t20-,23-/m1/s1. The number of fused-ring (bicyclic) bond motifs is 1. The van der Waals surface area contributed by atoms with Gasteiger partial charge in [-0.05, 0) is 31.0 Å². The van der Waals surface area contributed by atoms with Gasteiger partial charge in [0.2, 0.25) is 0 Å². The molecule has 0 aliphatic heterocycles. The number of benzene rings is 2. The molecule has 0 radical (unpaired) electrons. The van der Waals surface area contributed by atoms with Crippen LogP contribution in [0.5, 0.6) is 11.5 Å². The minimum Gasteiger partial charge on any atom is -0.457 e. The summed E-state index contributed by atoms with van der Waals surface area (Å²) in [5, 5.41) is 14.5. The molecule has 4 aromatic rings. The number of thiazole rings is 1. The molecular formula is C25H23N3O3S. The smallest absolute Gasteiger partial charge is 0.184 e. The van der Waals surface area contributed by atoms with Gasteiger partial charge in [-0.2, -0.15) is 0 Å². The van der Waals surface area contributed by atoms with Gasteiger partial charge in [-0.15, -0.1) is 0 Å². The summed E-state index contributed by atoms with van der Waals surface area (Å²) < 4.78 is 7.11. The lowest BCUT2D eigenvalue weighted by molar-refractivity contribution is 0.112. The first kappa shape index (κ1) is 20.6. The minimum atomic E-state index is -0.315. The predicted molar refractivity (Wildman–Crippen MR) is 127 cm³/mol. The summed E-state index contributed by atoms with van der Waals surface area (Å²) in [6.45, 7) is 0. The molecule has 0 saturated heterocycles. The fourth-order valence-corrected chi connectivity index (χ4v) is 4.93. The lowest BCUT2D eigenvalue weighted by Crippen LogP contribution is -2.36. The largest absolute Gasteiger partial charge is 0.457 e. The molecule has 2 atom stereocenters. The van der Waals surface area contributed by atoms with Gasteiger partial charge in [0, 0.05) is 29.5 Å². The number of carbonyl (C=O) groups excluding carboxylic acids is 1. The van der Waals surface area contributed by atoms with Gasteiger partial charge in [-0.1, -0.05) is 48.4 Å². The molecule has 1 saturated carbocycles. The maximum atomic E-state index is 10.9. The van der Waals surface area contributed by atoms with E-state index in [2.05, 4.69) is 15.3 Å². The van der Waals surface area contributed by atoms with Crippen LogP contribution in [-0.4, -0.2) is 33.5 Å². The molecule has 7 heteroatoms. The average molecular weight is 446 g/mol. The molecule has 2 aromatic heterocycles. The zero-order chi connectivity index (χ0) is 21.9. The maximum Gasteiger partial charge on any atom is 0.184 e. The van der Waals surface area contributed by atoms with E-state index in [0.29, 0.717) is 11.3 Å². The van der Waals surface area contributed by atoms with E-state index < -0.39 is 0 Å². The fraction of sp³-hybridized carbons (Fsp3) is 0.240. The highest BCUT2D eigenvalue weighted by Crippen LogP contribution is 2.33. The van der Waals surface area contributed by atoms with Gasteiger partial charge in [0.25, 0.3) is 0 Å². The summed E-state index contributed by atoms with van der Waals surface area (Å²) in [5.41, 5.74) is 3.22. The summed E-state index contributed by atoms with van der Waals surface area (Å²) in [4.78, 5) is 19.9. The summed E-state index contributed by atoms with van der Waals surface area (Å²) in [6.07, 6.45) is 6.24. The van der Waals surface area contributed by atoms with Gasteiger partial charge in [0.05, 0.1) is 28.1 Å². The Kier molecular flexibility index (Phi) is 5.83. The van der Waals surface area contributed by atoms with Gasteiger partial charge >= 0.3 is 0 Å². The third kappa shape index (κ3) is 4.49. The molecule has 0 unspecified atom stereocenters. The van der Waals surface area contributed by atoms with Gasteiger partial charge in [0.15, 0.2) is 5.13 Å². The fourth-order valence-electron chi connectivity index (χ4n) is 3.97. The highest BCUT2D eigenvalue weighted by molar-refractivity contribution is 7.22. The number of aromatic nitrogens is 2. The molecule has 6 nitrogen and oxygen atoms in total. The summed E-state index contributed by atoms with van der Waals surface area (Å²) in [7, 11) is 0. The second-order valence-electron chi connectivity index (χ2n) is 7.97. The second kappa shape index (κ2) is 9.06. The molecule has 1 fully saturated rings. The highest BCUT2D eigenvalue weighted by atomic mass is 32.1. The molecule has 0 spiro atoms. The Hall–Kier alpha value is -3.29. The van der Waals surface area contributed by atoms with Crippen molar-refractivity contribution in [3.63, 3.8) is 0 Å². The van der Waals surface area contributed by atoms with E-state index in [1.807, 2.05) is 42.5 Å². The molecule has 2 heterocycles. The second-order valence-corrected chi connectivity index (χ2v) is 9.00. The number of hydrogen-bond donors (Lipinski definition) is 2. The lowest BCUT2D eigenvalue weighted by Gasteiger charge is -2.27. The van der Waals surface area contributed by atoms with E-state index in [4.69, 9.17) is 4.74 Å². The van der Waals surface area contributed by atoms with E-state index in [1.54, 1.807) is 29.7 Å². The zero-order valence-corrected chi connectivity index (χ0v) is 18.2. The Labute approximate surface area is 189 Å². The van der Waals surface area contributed by atoms with Crippen LogP contribution in [0.15, 0.2) is 60.8 Å². The van der Waals surface area contributed by atoms with Crippen molar-refractivity contribution in [1.29, 1.82) is 0 Å². The van der Waals surface area contributed by atoms with Gasteiger partial charge in [-0.25, -0.2) is 4.98 Å². The van der Waals surface area contributed by atoms with Crippen LogP contribution in [0.25, 0.3) is 21.5 Å². The van der Waals surface area contributed by atoms with Crippen LogP contribution in [0.2, 0.25) is 0 Å². The normalized spacial score (nSPS) is 18.4. The van der Waals surface area contributed by atoms with Crippen molar-refractivity contribution in [2.75, 3.05) is 5.32 Å². The Balaban J connectivity index is 1.33. The number of pyridine rings is 1. The molecule has 162 valence electrons. The number of anilines is 1. The Morgan fingerprint density at radius 2 is 1.84 bits per heavy atom. The minimum absolute atomic E-state index is 0.0656. The molecule has 2 aromatic carbocycles. The van der Waals surface area contributed by atoms with Crippen molar-refractivity contribution in [3.05, 3.63) is 66.4 Å². The maximum absolute atomic E-state index is 10.9. The number of aldehydes is 1. The first-order valence-corrected chi connectivity index (χ1v) is 11.5. The molecule has 5 rings (SSSR count). The third-order valence-electron chi connectivity index (χ3n) is 5.71. The van der Waals surface area contributed by atoms with E-state index >= 15 is 0 Å². The molecule has 0 bridgehead atoms. The van der Waals surface area contributed by atoms with Crippen molar-refractivity contribution in [2.45, 2.75) is 37.8 Å². The Bertz CT molecular complexity index is 1240. The molecule has 1 aliphatic rings. The number of aliphatic hydroxyl groups excluding tert-OH is 1. The van der Waals surface area contributed by atoms with Crippen LogP contribution in [0.3, 0.4) is 0 Å². The lowest BCUT2D eigenvalue weighted by atomic mass is 9.93. The van der Waals surface area contributed by atoms with Crippen LogP contribution in [0.4, 0.5) is 5.13 Å². The Morgan fingerprint density at radius 3 is 2.66 bits per heavy atom. The van der Waals surface area contributed by atoms with Crippen LogP contribution in [0.1, 0.15) is 36.0 Å². The number of carbonyl (C=O) groups is 1. The SMILES string of the molecule is O=Cc1ccc(-c2cc(Oc3ccc4nc(N[C@@H]5CCCC[C@H]5O)sc4c3)ccn2)cc1. The number of nitrogens with one attached hydrogen (secondary N) is 1. The van der Waals surface area contributed by atoms with Crippen molar-refractivity contribution >= 4 is 33.0 Å². The quantitative estimate of drug-likeness (QED) is 0.372. The first-order valence-electron chi connectivity index (χ1n) is 10.7. The monoisotopic (exact) mass is 445 g/mol. The molecule has 1 aliphatic carbocycles. The van der Waals surface area contributed by atoms with Crippen LogP contribution in [-0.2, 0) is 0 Å². The van der Waals surface area contributed by atoms with Gasteiger partial charge in [-0.3, -0.25) is 9.78 Å². The zero-order valence-electron chi connectivity index (χ0n) is 17.4. The molecule has 0 amide bonds. The molecule has 2 N–H and O–H groups in total. The van der Waals surface area contributed by atoms with Crippen molar-refractivity contribution < 1.29 is 14.6 Å². The van der Waals surface area contributed by atoms with Gasteiger partial charge in [0.1, 0.15) is 17.8 Å². The van der Waals surface area contributed by atoms with Crippen LogP contribution >= 0.6 is 11.3 Å². The number of nitrogens with zero attached hydrogens (tertiary/aromatic N) is 2. The first-order chi connectivity index (χ1) is 15.7. The van der Waals surface area contributed by atoms with E-state index in [1.165, 1.54) is 0 Å².